The van der Waals surface area contributed by atoms with Gasteiger partial charge in [-0.25, -0.2) is 38.5 Å². The van der Waals surface area contributed by atoms with Crippen LogP contribution in [0.15, 0.2) is 54.7 Å². The standard InChI is InChI=1S/C20H17BrN8O4S/c21-11-7-12-13(33-10-32-12)8-14(11)34-18-25-15-16(22)23-9-24-17(15)26(18)5-6-27-19(30)28-3-1-2-4-29(28)20(27)31/h1-2,7-9H,3-6,10H2,(H2,22,23,24). The number of aromatic nitrogens is 7. The quantitative estimate of drug-likeness (QED) is 0.370. The first-order valence-corrected chi connectivity index (χ1v) is 11.9. The van der Waals surface area contributed by atoms with E-state index < -0.39 is 0 Å². The summed E-state index contributed by atoms with van der Waals surface area (Å²) in [6.45, 7) is 1.35. The Morgan fingerprint density at radius 3 is 2.41 bits per heavy atom. The van der Waals surface area contributed by atoms with Crippen molar-refractivity contribution in [2.45, 2.75) is 36.2 Å². The molecule has 6 rings (SSSR count). The Morgan fingerprint density at radius 2 is 1.68 bits per heavy atom. The van der Waals surface area contributed by atoms with Crippen LogP contribution in [0.5, 0.6) is 11.5 Å². The third-order valence-electron chi connectivity index (χ3n) is 5.62. The van der Waals surface area contributed by atoms with Crippen molar-refractivity contribution in [1.82, 2.24) is 33.4 Å². The summed E-state index contributed by atoms with van der Waals surface area (Å²) in [4.78, 5) is 39.5. The van der Waals surface area contributed by atoms with Gasteiger partial charge in [0.25, 0.3) is 0 Å². The van der Waals surface area contributed by atoms with Gasteiger partial charge in [-0.2, -0.15) is 0 Å². The monoisotopic (exact) mass is 544 g/mol. The maximum atomic E-state index is 12.8. The lowest BCUT2D eigenvalue weighted by Crippen LogP contribution is -2.30. The van der Waals surface area contributed by atoms with Crippen LogP contribution >= 0.6 is 27.7 Å². The molecule has 5 heterocycles. The number of nitrogens with zero attached hydrogens (tertiary/aromatic N) is 7. The Morgan fingerprint density at radius 1 is 1.00 bits per heavy atom. The van der Waals surface area contributed by atoms with E-state index in [9.17, 15) is 9.59 Å². The number of imidazole rings is 1. The summed E-state index contributed by atoms with van der Waals surface area (Å²) in [7, 11) is 0. The number of anilines is 1. The largest absolute Gasteiger partial charge is 0.454 e. The first-order valence-electron chi connectivity index (χ1n) is 10.3. The number of ether oxygens (including phenoxy) is 2. The van der Waals surface area contributed by atoms with Crippen molar-refractivity contribution in [3.63, 3.8) is 0 Å². The second-order valence-corrected chi connectivity index (χ2v) is 9.43. The maximum absolute atomic E-state index is 12.8. The molecule has 0 bridgehead atoms. The molecule has 2 aliphatic rings. The first-order chi connectivity index (χ1) is 16.5. The van der Waals surface area contributed by atoms with Gasteiger partial charge in [0.2, 0.25) is 6.79 Å². The molecule has 0 fully saturated rings. The van der Waals surface area contributed by atoms with Crippen molar-refractivity contribution in [3.8, 4) is 11.5 Å². The van der Waals surface area contributed by atoms with Crippen LogP contribution in [0.4, 0.5) is 5.82 Å². The van der Waals surface area contributed by atoms with Gasteiger partial charge in [-0.05, 0) is 28.1 Å². The highest BCUT2D eigenvalue weighted by molar-refractivity contribution is 9.10. The predicted octanol–water partition coefficient (Wildman–Crippen LogP) is 1.45. The van der Waals surface area contributed by atoms with Crippen LogP contribution in [0.2, 0.25) is 0 Å². The zero-order valence-electron chi connectivity index (χ0n) is 17.5. The molecule has 12 nitrogen and oxygen atoms in total. The van der Waals surface area contributed by atoms with E-state index in [0.29, 0.717) is 40.9 Å². The van der Waals surface area contributed by atoms with Crippen LogP contribution in [0.1, 0.15) is 0 Å². The fourth-order valence-electron chi connectivity index (χ4n) is 3.95. The van der Waals surface area contributed by atoms with Crippen molar-refractivity contribution >= 4 is 44.7 Å². The van der Waals surface area contributed by atoms with E-state index in [0.717, 1.165) is 9.37 Å². The van der Waals surface area contributed by atoms with E-state index in [1.54, 1.807) is 0 Å². The number of hydrogen-bond acceptors (Lipinski definition) is 9. The van der Waals surface area contributed by atoms with Gasteiger partial charge < -0.3 is 19.8 Å². The molecule has 0 atom stereocenters. The molecule has 2 N–H and O–H groups in total. The third-order valence-corrected chi connectivity index (χ3v) is 7.59. The number of fused-ring (bicyclic) bond motifs is 3. The van der Waals surface area contributed by atoms with Gasteiger partial charge in [-0.1, -0.05) is 23.9 Å². The Hall–Kier alpha value is -3.52. The van der Waals surface area contributed by atoms with Gasteiger partial charge in [0.1, 0.15) is 6.33 Å². The molecule has 4 aromatic rings. The van der Waals surface area contributed by atoms with Gasteiger partial charge in [0.15, 0.2) is 33.6 Å². The van der Waals surface area contributed by atoms with E-state index in [4.69, 9.17) is 15.2 Å². The Labute approximate surface area is 203 Å². The van der Waals surface area contributed by atoms with E-state index in [-0.39, 0.29) is 37.1 Å². The average Bonchev–Trinajstić information content (AvgIpc) is 3.49. The molecule has 3 aromatic heterocycles. The highest BCUT2D eigenvalue weighted by Gasteiger charge is 2.22. The van der Waals surface area contributed by atoms with Crippen molar-refractivity contribution in [3.05, 3.63) is 56.1 Å². The van der Waals surface area contributed by atoms with E-state index >= 15 is 0 Å². The number of halogens is 1. The van der Waals surface area contributed by atoms with Gasteiger partial charge in [0, 0.05) is 15.9 Å². The number of nitrogen functional groups attached to an aromatic ring is 1. The van der Waals surface area contributed by atoms with Crippen LogP contribution in [-0.4, -0.2) is 40.2 Å². The second-order valence-electron chi connectivity index (χ2n) is 7.57. The van der Waals surface area contributed by atoms with Gasteiger partial charge in [-0.15, -0.1) is 0 Å². The molecule has 0 saturated carbocycles. The minimum absolute atomic E-state index is 0.149. The van der Waals surface area contributed by atoms with E-state index in [1.807, 2.05) is 28.9 Å². The number of aryl methyl sites for hydroxylation is 1. The van der Waals surface area contributed by atoms with E-state index in [1.165, 1.54) is 32.0 Å². The van der Waals surface area contributed by atoms with Gasteiger partial charge in [0.05, 0.1) is 19.6 Å². The summed E-state index contributed by atoms with van der Waals surface area (Å²) >= 11 is 4.95. The number of hydrogen-bond donors (Lipinski definition) is 1. The zero-order valence-corrected chi connectivity index (χ0v) is 20.0. The first kappa shape index (κ1) is 21.0. The highest BCUT2D eigenvalue weighted by Crippen LogP contribution is 2.43. The summed E-state index contributed by atoms with van der Waals surface area (Å²) in [5, 5.41) is 0.584. The molecule has 0 saturated heterocycles. The van der Waals surface area contributed by atoms with Crippen molar-refractivity contribution in [2.24, 2.45) is 0 Å². The number of nitrogens with two attached hydrogens (primary N) is 1. The summed E-state index contributed by atoms with van der Waals surface area (Å²) in [6, 6.07) is 3.70. The van der Waals surface area contributed by atoms with Crippen LogP contribution in [-0.2, 0) is 26.2 Å². The second kappa shape index (κ2) is 8.06. The summed E-state index contributed by atoms with van der Waals surface area (Å²) in [5.74, 6) is 1.55. The number of rotatable bonds is 5. The molecule has 0 aliphatic carbocycles. The topological polar surface area (TPSA) is 137 Å². The normalized spacial score (nSPS) is 14.1. The molecule has 34 heavy (non-hydrogen) atoms. The van der Waals surface area contributed by atoms with Crippen LogP contribution < -0.4 is 26.6 Å². The predicted molar refractivity (Wildman–Crippen MR) is 126 cm³/mol. The molecule has 0 unspecified atom stereocenters. The molecule has 1 aromatic carbocycles. The summed E-state index contributed by atoms with van der Waals surface area (Å²) in [6.07, 6.45) is 5.10. The van der Waals surface area contributed by atoms with Crippen LogP contribution in [0, 0.1) is 0 Å². The lowest BCUT2D eigenvalue weighted by molar-refractivity contribution is 0.174. The molecular formula is C20H17BrN8O4S. The Kier molecular flexibility index (Phi) is 4.99. The molecule has 14 heteroatoms. The van der Waals surface area contributed by atoms with Crippen molar-refractivity contribution < 1.29 is 9.47 Å². The van der Waals surface area contributed by atoms with Gasteiger partial charge >= 0.3 is 11.4 Å². The SMILES string of the molecule is Nc1ncnc2c1nc(Sc1cc3c(cc1Br)OCO3)n2CCn1c(=O)n2n(c1=O)CC=CC2. The molecule has 0 spiro atoms. The minimum atomic E-state index is -0.347. The number of benzene rings is 1. The zero-order chi connectivity index (χ0) is 23.4. The highest BCUT2D eigenvalue weighted by atomic mass is 79.9. The summed E-state index contributed by atoms with van der Waals surface area (Å²) in [5.41, 5.74) is 6.33. The van der Waals surface area contributed by atoms with Gasteiger partial charge in [-0.3, -0.25) is 0 Å². The number of allylic oxidation sites excluding steroid dienone is 2. The smallest absolute Gasteiger partial charge is 0.347 e. The summed E-state index contributed by atoms with van der Waals surface area (Å²) < 4.78 is 17.7. The Bertz CT molecular complexity index is 1560. The third kappa shape index (κ3) is 3.32. The average molecular weight is 545 g/mol. The lowest BCUT2D eigenvalue weighted by Gasteiger charge is -2.09. The fraction of sp³-hybridized carbons (Fsp3) is 0.250. The molecule has 2 aliphatic heterocycles. The van der Waals surface area contributed by atoms with Crippen LogP contribution in [0.3, 0.4) is 0 Å². The molecular weight excluding hydrogens is 528 g/mol. The maximum Gasteiger partial charge on any atom is 0.347 e. The van der Waals surface area contributed by atoms with Crippen molar-refractivity contribution in [1.29, 1.82) is 0 Å². The molecule has 0 amide bonds. The van der Waals surface area contributed by atoms with Crippen LogP contribution in [0.25, 0.3) is 11.2 Å². The molecule has 174 valence electrons. The van der Waals surface area contributed by atoms with Crippen molar-refractivity contribution in [2.75, 3.05) is 12.5 Å². The lowest BCUT2D eigenvalue weighted by atomic mass is 10.3. The van der Waals surface area contributed by atoms with E-state index in [2.05, 4.69) is 30.9 Å². The Balaban J connectivity index is 1.39. The minimum Gasteiger partial charge on any atom is -0.454 e. The molecule has 0 radical (unpaired) electrons. The fourth-order valence-corrected chi connectivity index (χ4v) is 5.46.